The average Bonchev–Trinajstić information content (AvgIpc) is 1.94. The molecule has 0 aromatic carbocycles. The molecule has 0 radical (unpaired) electrons. The highest BCUT2D eigenvalue weighted by molar-refractivity contribution is 5.03. The maximum atomic E-state index is 4.09. The first-order valence-corrected chi connectivity index (χ1v) is 4.79. The summed E-state index contributed by atoms with van der Waals surface area (Å²) in [5, 5.41) is 0. The Balaban J connectivity index is 2.46. The Morgan fingerprint density at radius 1 is 1.45 bits per heavy atom. The van der Waals surface area contributed by atoms with Gasteiger partial charge in [-0.15, -0.1) is 0 Å². The van der Waals surface area contributed by atoms with Crippen LogP contribution in [0.2, 0.25) is 0 Å². The lowest BCUT2D eigenvalue weighted by Gasteiger charge is -2.31. The van der Waals surface area contributed by atoms with Gasteiger partial charge in [0.15, 0.2) is 0 Å². The van der Waals surface area contributed by atoms with Crippen molar-refractivity contribution in [3.63, 3.8) is 0 Å². The average molecular weight is 152 g/mol. The first kappa shape index (κ1) is 8.83. The Kier molecular flexibility index (Phi) is 2.75. The Morgan fingerprint density at radius 2 is 2.09 bits per heavy atom. The number of rotatable bonds is 1. The molecule has 1 fully saturated rings. The molecule has 64 valence electrons. The minimum atomic E-state index is 0.774. The van der Waals surface area contributed by atoms with Crippen LogP contribution in [0.1, 0.15) is 40.0 Å². The van der Waals surface area contributed by atoms with Crippen molar-refractivity contribution in [3.8, 4) is 0 Å². The highest BCUT2D eigenvalue weighted by atomic mass is 14.3. The lowest BCUT2D eigenvalue weighted by molar-refractivity contribution is 0.271. The molecule has 0 bridgehead atoms. The van der Waals surface area contributed by atoms with E-state index in [0.717, 1.165) is 17.8 Å². The lowest BCUT2D eigenvalue weighted by Crippen LogP contribution is -2.19. The molecule has 0 amide bonds. The summed E-state index contributed by atoms with van der Waals surface area (Å²) in [6, 6.07) is 0. The van der Waals surface area contributed by atoms with Crippen LogP contribution in [0.25, 0.3) is 0 Å². The van der Waals surface area contributed by atoms with Gasteiger partial charge >= 0.3 is 0 Å². The molecule has 0 spiro atoms. The van der Waals surface area contributed by atoms with Gasteiger partial charge in [0.05, 0.1) is 0 Å². The first-order valence-electron chi connectivity index (χ1n) is 4.79. The van der Waals surface area contributed by atoms with Crippen LogP contribution in [0, 0.1) is 17.8 Å². The molecule has 0 nitrogen and oxygen atoms in total. The van der Waals surface area contributed by atoms with Crippen LogP contribution in [0.15, 0.2) is 12.2 Å². The van der Waals surface area contributed by atoms with Crippen molar-refractivity contribution in [1.82, 2.24) is 0 Å². The molecule has 0 aromatic heterocycles. The van der Waals surface area contributed by atoms with Crippen molar-refractivity contribution >= 4 is 0 Å². The maximum absolute atomic E-state index is 4.09. The molecule has 0 heteroatoms. The Hall–Kier alpha value is -0.260. The van der Waals surface area contributed by atoms with Crippen molar-refractivity contribution in [1.29, 1.82) is 0 Å². The van der Waals surface area contributed by atoms with E-state index < -0.39 is 0 Å². The normalized spacial score (nSPS) is 32.9. The van der Waals surface area contributed by atoms with Crippen LogP contribution in [0.5, 0.6) is 0 Å². The van der Waals surface area contributed by atoms with E-state index in [9.17, 15) is 0 Å². The quantitative estimate of drug-likeness (QED) is 0.503. The van der Waals surface area contributed by atoms with Crippen LogP contribution < -0.4 is 0 Å². The van der Waals surface area contributed by atoms with Gasteiger partial charge in [-0.1, -0.05) is 32.9 Å². The summed E-state index contributed by atoms with van der Waals surface area (Å²) in [7, 11) is 0. The summed E-state index contributed by atoms with van der Waals surface area (Å²) in [4.78, 5) is 0. The Bertz CT molecular complexity index is 144. The predicted molar refractivity (Wildman–Crippen MR) is 50.5 cm³/mol. The zero-order valence-electron chi connectivity index (χ0n) is 8.06. The molecule has 0 aromatic rings. The van der Waals surface area contributed by atoms with E-state index in [1.807, 2.05) is 0 Å². The summed E-state index contributed by atoms with van der Waals surface area (Å²) >= 11 is 0. The van der Waals surface area contributed by atoms with Gasteiger partial charge < -0.3 is 0 Å². The fraction of sp³-hybridized carbons (Fsp3) is 0.818. The second-order valence-electron chi connectivity index (χ2n) is 4.34. The Labute approximate surface area is 70.7 Å². The summed E-state index contributed by atoms with van der Waals surface area (Å²) < 4.78 is 0. The van der Waals surface area contributed by atoms with E-state index in [0.29, 0.717) is 0 Å². The highest BCUT2D eigenvalue weighted by Gasteiger charge is 2.23. The van der Waals surface area contributed by atoms with Gasteiger partial charge in [0.1, 0.15) is 0 Å². The zero-order chi connectivity index (χ0) is 8.43. The van der Waals surface area contributed by atoms with Crippen LogP contribution in [-0.4, -0.2) is 0 Å². The largest absolute Gasteiger partial charge is 0.0996 e. The van der Waals surface area contributed by atoms with Gasteiger partial charge in [-0.2, -0.15) is 0 Å². The van der Waals surface area contributed by atoms with Crippen molar-refractivity contribution in [2.75, 3.05) is 0 Å². The van der Waals surface area contributed by atoms with Crippen molar-refractivity contribution in [2.24, 2.45) is 17.8 Å². The molecule has 0 N–H and O–H groups in total. The van der Waals surface area contributed by atoms with Crippen molar-refractivity contribution in [3.05, 3.63) is 12.2 Å². The fourth-order valence-corrected chi connectivity index (χ4v) is 1.96. The molecule has 0 heterocycles. The second kappa shape index (κ2) is 3.42. The van der Waals surface area contributed by atoms with E-state index >= 15 is 0 Å². The third-order valence-corrected chi connectivity index (χ3v) is 3.13. The van der Waals surface area contributed by atoms with Gasteiger partial charge in [0.25, 0.3) is 0 Å². The molecule has 2 unspecified atom stereocenters. The first-order chi connectivity index (χ1) is 5.11. The van der Waals surface area contributed by atoms with Gasteiger partial charge in [-0.3, -0.25) is 0 Å². The molecule has 11 heavy (non-hydrogen) atoms. The SMILES string of the molecule is C=C1CCC(C(C)C)CC1C. The summed E-state index contributed by atoms with van der Waals surface area (Å²) in [6.07, 6.45) is 4.02. The van der Waals surface area contributed by atoms with E-state index in [1.54, 1.807) is 0 Å². The minimum Gasteiger partial charge on any atom is -0.0996 e. The van der Waals surface area contributed by atoms with Gasteiger partial charge in [0, 0.05) is 0 Å². The number of hydrogen-bond donors (Lipinski definition) is 0. The molecular weight excluding hydrogens is 132 g/mol. The van der Waals surface area contributed by atoms with Crippen LogP contribution >= 0.6 is 0 Å². The molecule has 0 aliphatic heterocycles. The highest BCUT2D eigenvalue weighted by Crippen LogP contribution is 2.35. The zero-order valence-corrected chi connectivity index (χ0v) is 8.06. The van der Waals surface area contributed by atoms with Crippen LogP contribution in [-0.2, 0) is 0 Å². The molecule has 1 aliphatic rings. The molecule has 2 atom stereocenters. The number of hydrogen-bond acceptors (Lipinski definition) is 0. The summed E-state index contributed by atoms with van der Waals surface area (Å²) in [5.74, 6) is 2.59. The molecular formula is C11H20. The van der Waals surface area contributed by atoms with Gasteiger partial charge in [0.2, 0.25) is 0 Å². The topological polar surface area (TPSA) is 0 Å². The van der Waals surface area contributed by atoms with Crippen LogP contribution in [0.4, 0.5) is 0 Å². The lowest BCUT2D eigenvalue weighted by atomic mass is 9.75. The summed E-state index contributed by atoms with van der Waals surface area (Å²) in [6.45, 7) is 11.1. The second-order valence-corrected chi connectivity index (χ2v) is 4.34. The third kappa shape index (κ3) is 2.08. The van der Waals surface area contributed by atoms with E-state index in [1.165, 1.54) is 24.8 Å². The molecule has 1 aliphatic carbocycles. The molecule has 0 saturated heterocycles. The minimum absolute atomic E-state index is 0.774. The molecule has 1 rings (SSSR count). The van der Waals surface area contributed by atoms with E-state index in [2.05, 4.69) is 27.4 Å². The monoisotopic (exact) mass is 152 g/mol. The molecule has 1 saturated carbocycles. The maximum Gasteiger partial charge on any atom is -0.0232 e. The smallest absolute Gasteiger partial charge is 0.0232 e. The van der Waals surface area contributed by atoms with Crippen LogP contribution in [0.3, 0.4) is 0 Å². The number of allylic oxidation sites excluding steroid dienone is 1. The standard InChI is InChI=1S/C11H20/c1-8(2)11-6-5-9(3)10(4)7-11/h8,10-11H,3,5-7H2,1-2,4H3. The van der Waals surface area contributed by atoms with Crippen molar-refractivity contribution in [2.45, 2.75) is 40.0 Å². The van der Waals surface area contributed by atoms with Gasteiger partial charge in [-0.25, -0.2) is 0 Å². The van der Waals surface area contributed by atoms with Crippen molar-refractivity contribution < 1.29 is 0 Å². The van der Waals surface area contributed by atoms with Gasteiger partial charge in [-0.05, 0) is 37.0 Å². The Morgan fingerprint density at radius 3 is 2.55 bits per heavy atom. The third-order valence-electron chi connectivity index (χ3n) is 3.13. The van der Waals surface area contributed by atoms with E-state index in [-0.39, 0.29) is 0 Å². The fourth-order valence-electron chi connectivity index (χ4n) is 1.96. The predicted octanol–water partition coefficient (Wildman–Crippen LogP) is 3.63. The van der Waals surface area contributed by atoms with E-state index in [4.69, 9.17) is 0 Å². The summed E-state index contributed by atoms with van der Waals surface area (Å²) in [5.41, 5.74) is 1.47.